The Morgan fingerprint density at radius 2 is 0.981 bits per heavy atom. The highest BCUT2D eigenvalue weighted by Gasteiger charge is 2.24. The van der Waals surface area contributed by atoms with Crippen LogP contribution in [-0.4, -0.2) is 14.5 Å². The predicted octanol–water partition coefficient (Wildman–Crippen LogP) is 13.2. The van der Waals surface area contributed by atoms with Crippen LogP contribution in [0.4, 0.5) is 0 Å². The first-order valence-corrected chi connectivity index (χ1v) is 18.5. The summed E-state index contributed by atoms with van der Waals surface area (Å²) in [4.78, 5) is 10.6. The van der Waals surface area contributed by atoms with E-state index in [1.54, 1.807) is 11.3 Å². The number of aryl methyl sites for hydroxylation is 2. The van der Waals surface area contributed by atoms with Gasteiger partial charge in [-0.2, -0.15) is 0 Å². The Morgan fingerprint density at radius 1 is 0.462 bits per heavy atom. The molecule has 0 bridgehead atoms. The van der Waals surface area contributed by atoms with E-state index in [9.17, 15) is 0 Å². The van der Waals surface area contributed by atoms with E-state index in [1.807, 2.05) is 6.07 Å². The van der Waals surface area contributed by atoms with Gasteiger partial charge in [0.25, 0.3) is 0 Å². The van der Waals surface area contributed by atoms with Crippen LogP contribution in [0.3, 0.4) is 0 Å². The van der Waals surface area contributed by atoms with E-state index >= 15 is 0 Å². The van der Waals surface area contributed by atoms with Crippen LogP contribution < -0.4 is 0 Å². The first-order chi connectivity index (χ1) is 25.6. The Kier molecular flexibility index (Phi) is 7.12. The third kappa shape index (κ3) is 4.95. The van der Waals surface area contributed by atoms with Crippen molar-refractivity contribution in [2.75, 3.05) is 0 Å². The first kappa shape index (κ1) is 30.5. The smallest absolute Gasteiger partial charge is 0.160 e. The zero-order chi connectivity index (χ0) is 34.8. The quantitative estimate of drug-likeness (QED) is 0.181. The Labute approximate surface area is 306 Å². The fraction of sp³-hybridized carbons (Fsp3) is 0.0417. The van der Waals surface area contributed by atoms with Gasteiger partial charge in [0, 0.05) is 43.1 Å². The van der Waals surface area contributed by atoms with E-state index in [0.717, 1.165) is 66.2 Å². The van der Waals surface area contributed by atoms with Crippen molar-refractivity contribution in [2.24, 2.45) is 0 Å². The lowest BCUT2D eigenvalue weighted by Gasteiger charge is -2.21. The molecule has 0 saturated heterocycles. The van der Waals surface area contributed by atoms with Gasteiger partial charge in [-0.15, -0.1) is 11.3 Å². The molecule has 4 heteroatoms. The van der Waals surface area contributed by atoms with Crippen LogP contribution in [0.15, 0.2) is 164 Å². The van der Waals surface area contributed by atoms with Gasteiger partial charge in [-0.3, -0.25) is 0 Å². The molecule has 0 aliphatic heterocycles. The van der Waals surface area contributed by atoms with Crippen molar-refractivity contribution in [1.82, 2.24) is 14.5 Å². The Bertz CT molecular complexity index is 2840. The third-order valence-corrected chi connectivity index (χ3v) is 11.3. The SMILES string of the molecule is Cc1ccc2c(c1)c1cc(C)ccc1n2-c1c(-c2ccccc2)cc(-c2nc(-c3ccccc3)nc3c2sc2ccccc23)cc1-c1ccccc1. The van der Waals surface area contributed by atoms with Gasteiger partial charge in [0.15, 0.2) is 5.82 Å². The van der Waals surface area contributed by atoms with Crippen molar-refractivity contribution in [3.8, 4) is 50.6 Å². The highest BCUT2D eigenvalue weighted by atomic mass is 32.1. The fourth-order valence-corrected chi connectivity index (χ4v) is 8.84. The van der Waals surface area contributed by atoms with Crippen LogP contribution in [0.25, 0.3) is 92.7 Å². The minimum absolute atomic E-state index is 0.728. The zero-order valence-electron chi connectivity index (χ0n) is 28.8. The lowest BCUT2D eigenvalue weighted by molar-refractivity contribution is 1.18. The van der Waals surface area contributed by atoms with Gasteiger partial charge in [-0.1, -0.05) is 132 Å². The lowest BCUT2D eigenvalue weighted by atomic mass is 9.91. The minimum atomic E-state index is 0.728. The normalized spacial score (nSPS) is 11.7. The molecule has 246 valence electrons. The molecule has 0 amide bonds. The summed E-state index contributed by atoms with van der Waals surface area (Å²) in [6.45, 7) is 4.36. The number of hydrogen-bond acceptors (Lipinski definition) is 3. The number of thiophene rings is 1. The highest BCUT2D eigenvalue weighted by molar-refractivity contribution is 7.26. The maximum absolute atomic E-state index is 5.41. The molecule has 0 unspecified atom stereocenters. The summed E-state index contributed by atoms with van der Waals surface area (Å²) >= 11 is 1.77. The summed E-state index contributed by atoms with van der Waals surface area (Å²) in [5.74, 6) is 0.728. The number of nitrogens with zero attached hydrogens (tertiary/aromatic N) is 3. The van der Waals surface area contributed by atoms with E-state index in [0.29, 0.717) is 0 Å². The number of rotatable bonds is 5. The van der Waals surface area contributed by atoms with Gasteiger partial charge in [0.1, 0.15) is 0 Å². The molecule has 0 radical (unpaired) electrons. The van der Waals surface area contributed by atoms with Gasteiger partial charge < -0.3 is 4.57 Å². The Hall–Kier alpha value is -6.36. The van der Waals surface area contributed by atoms with Crippen LogP contribution >= 0.6 is 11.3 Å². The number of hydrogen-bond donors (Lipinski definition) is 0. The van der Waals surface area contributed by atoms with Crippen molar-refractivity contribution in [3.05, 3.63) is 175 Å². The summed E-state index contributed by atoms with van der Waals surface area (Å²) in [6, 6.07) is 58.9. The summed E-state index contributed by atoms with van der Waals surface area (Å²) in [5.41, 5.74) is 14.6. The van der Waals surface area contributed by atoms with Crippen LogP contribution in [0, 0.1) is 13.8 Å². The van der Waals surface area contributed by atoms with Crippen molar-refractivity contribution in [2.45, 2.75) is 13.8 Å². The molecule has 0 fully saturated rings. The molecule has 0 spiro atoms. The molecule has 52 heavy (non-hydrogen) atoms. The molecule has 0 saturated carbocycles. The molecule has 0 aliphatic rings. The maximum Gasteiger partial charge on any atom is 0.160 e. The molecular weight excluding hydrogens is 651 g/mol. The van der Waals surface area contributed by atoms with Crippen LogP contribution in [0.5, 0.6) is 0 Å². The standard InChI is InChI=1S/C48H33N3S/c1-30-22-24-41-39(26-30)40-27-31(2)23-25-42(40)51(41)46-37(32-14-6-3-7-15-32)28-35(29-38(46)33-16-8-4-9-17-33)44-47-45(36-20-12-13-21-43(36)52-47)50-48(49-44)34-18-10-5-11-19-34/h3-29H,1-2H3. The Morgan fingerprint density at radius 3 is 1.56 bits per heavy atom. The molecule has 3 aromatic heterocycles. The van der Waals surface area contributed by atoms with Crippen LogP contribution in [0.1, 0.15) is 11.1 Å². The molecule has 0 aliphatic carbocycles. The van der Waals surface area contributed by atoms with E-state index in [2.05, 4.69) is 176 Å². The minimum Gasteiger partial charge on any atom is -0.308 e. The largest absolute Gasteiger partial charge is 0.308 e. The summed E-state index contributed by atoms with van der Waals surface area (Å²) in [7, 11) is 0. The van der Waals surface area contributed by atoms with Crippen molar-refractivity contribution in [1.29, 1.82) is 0 Å². The Balaban J connectivity index is 1.37. The summed E-state index contributed by atoms with van der Waals surface area (Å²) in [6.07, 6.45) is 0. The maximum atomic E-state index is 5.41. The van der Waals surface area contributed by atoms with E-state index in [-0.39, 0.29) is 0 Å². The number of benzene rings is 7. The van der Waals surface area contributed by atoms with Gasteiger partial charge in [-0.25, -0.2) is 9.97 Å². The van der Waals surface area contributed by atoms with Gasteiger partial charge in [0.05, 0.1) is 32.6 Å². The predicted molar refractivity (Wildman–Crippen MR) is 220 cm³/mol. The monoisotopic (exact) mass is 683 g/mol. The van der Waals surface area contributed by atoms with Crippen molar-refractivity contribution in [3.63, 3.8) is 0 Å². The van der Waals surface area contributed by atoms with E-state index in [4.69, 9.17) is 9.97 Å². The van der Waals surface area contributed by atoms with E-state index < -0.39 is 0 Å². The zero-order valence-corrected chi connectivity index (χ0v) is 29.7. The highest BCUT2D eigenvalue weighted by Crippen LogP contribution is 2.46. The fourth-order valence-electron chi connectivity index (χ4n) is 7.68. The third-order valence-electron chi connectivity index (χ3n) is 10.1. The first-order valence-electron chi connectivity index (χ1n) is 17.7. The van der Waals surface area contributed by atoms with Crippen molar-refractivity contribution >= 4 is 53.4 Å². The van der Waals surface area contributed by atoms with Crippen molar-refractivity contribution < 1.29 is 0 Å². The molecular formula is C48H33N3S. The number of aromatic nitrogens is 3. The summed E-state index contributed by atoms with van der Waals surface area (Å²) < 4.78 is 4.79. The lowest BCUT2D eigenvalue weighted by Crippen LogP contribution is -2.02. The molecule has 7 aromatic carbocycles. The second-order valence-corrected chi connectivity index (χ2v) is 14.6. The molecule has 0 N–H and O–H groups in total. The second-order valence-electron chi connectivity index (χ2n) is 13.6. The average Bonchev–Trinajstić information content (AvgIpc) is 3.73. The van der Waals surface area contributed by atoms with Gasteiger partial charge in [0.2, 0.25) is 0 Å². The topological polar surface area (TPSA) is 30.7 Å². The number of fused-ring (bicyclic) bond motifs is 6. The molecule has 3 nitrogen and oxygen atoms in total. The second kappa shape index (κ2) is 12.2. The van der Waals surface area contributed by atoms with Crippen LogP contribution in [-0.2, 0) is 0 Å². The van der Waals surface area contributed by atoms with Gasteiger partial charge >= 0.3 is 0 Å². The van der Waals surface area contributed by atoms with Crippen LogP contribution in [0.2, 0.25) is 0 Å². The summed E-state index contributed by atoms with van der Waals surface area (Å²) in [5, 5.41) is 3.68. The molecule has 10 aromatic rings. The van der Waals surface area contributed by atoms with Gasteiger partial charge in [-0.05, 0) is 67.4 Å². The molecule has 3 heterocycles. The molecule has 0 atom stereocenters. The van der Waals surface area contributed by atoms with E-state index in [1.165, 1.54) is 37.6 Å². The average molecular weight is 684 g/mol. The molecule has 10 rings (SSSR count).